The molecule has 0 unspecified atom stereocenters. The van der Waals surface area contributed by atoms with E-state index in [0.717, 1.165) is 37.5 Å². The summed E-state index contributed by atoms with van der Waals surface area (Å²) in [6, 6.07) is 17.3. The zero-order chi connectivity index (χ0) is 21.4. The van der Waals surface area contributed by atoms with E-state index in [2.05, 4.69) is 83.6 Å². The Morgan fingerprint density at radius 2 is 1.90 bits per heavy atom. The van der Waals surface area contributed by atoms with Crippen LogP contribution in [0.5, 0.6) is 5.75 Å². The quantitative estimate of drug-likeness (QED) is 0.469. The fraction of sp³-hybridized carbons (Fsp3) is 0.346. The number of H-pyrrole nitrogens is 1. The standard InChI is InChI=1S/C26H30N4O/c1-4-30-17-19(18(3)28-30)16-29-15-14-21-20-10-6-8-12-23(20)27-25(21)26(29)22-11-7-9-13-24(22)31-5-2/h6-13,17,26-27H,4-5,14-16H2,1-3H3/t26-/m0/s1. The van der Waals surface area contributed by atoms with Crippen LogP contribution in [0.3, 0.4) is 0 Å². The zero-order valence-corrected chi connectivity index (χ0v) is 18.6. The van der Waals surface area contributed by atoms with Gasteiger partial charge in [-0.3, -0.25) is 9.58 Å². The summed E-state index contributed by atoms with van der Waals surface area (Å²) in [7, 11) is 0. The number of rotatable bonds is 6. The molecule has 0 fully saturated rings. The Morgan fingerprint density at radius 1 is 1.10 bits per heavy atom. The molecule has 1 aliphatic heterocycles. The van der Waals surface area contributed by atoms with Crippen LogP contribution in [-0.4, -0.2) is 32.8 Å². The maximum Gasteiger partial charge on any atom is 0.124 e. The van der Waals surface area contributed by atoms with Gasteiger partial charge in [-0.15, -0.1) is 0 Å². The summed E-state index contributed by atoms with van der Waals surface area (Å²) in [6.45, 7) is 9.71. The Morgan fingerprint density at radius 3 is 2.71 bits per heavy atom. The van der Waals surface area contributed by atoms with E-state index in [1.165, 1.54) is 33.3 Å². The Bertz CT molecular complexity index is 1210. The van der Waals surface area contributed by atoms with E-state index in [0.29, 0.717) is 6.61 Å². The highest BCUT2D eigenvalue weighted by Gasteiger charge is 2.33. The number of ether oxygens (including phenoxy) is 1. The van der Waals surface area contributed by atoms with Crippen LogP contribution >= 0.6 is 0 Å². The van der Waals surface area contributed by atoms with Crippen molar-refractivity contribution in [2.45, 2.75) is 46.3 Å². The lowest BCUT2D eigenvalue weighted by molar-refractivity contribution is 0.196. The number of nitrogens with zero attached hydrogens (tertiary/aromatic N) is 3. The minimum atomic E-state index is 0.114. The Balaban J connectivity index is 1.63. The van der Waals surface area contributed by atoms with Gasteiger partial charge in [-0.2, -0.15) is 5.10 Å². The fourth-order valence-corrected chi connectivity index (χ4v) is 4.90. The monoisotopic (exact) mass is 414 g/mol. The molecule has 0 amide bonds. The molecular weight excluding hydrogens is 384 g/mol. The molecule has 1 N–H and O–H groups in total. The summed E-state index contributed by atoms with van der Waals surface area (Å²) >= 11 is 0. The highest BCUT2D eigenvalue weighted by atomic mass is 16.5. The highest BCUT2D eigenvalue weighted by Crippen LogP contribution is 2.42. The molecular formula is C26H30N4O. The maximum atomic E-state index is 6.07. The molecule has 0 saturated carbocycles. The van der Waals surface area contributed by atoms with Crippen molar-refractivity contribution >= 4 is 10.9 Å². The van der Waals surface area contributed by atoms with Gasteiger partial charge in [-0.1, -0.05) is 36.4 Å². The van der Waals surface area contributed by atoms with E-state index in [-0.39, 0.29) is 6.04 Å². The molecule has 0 radical (unpaired) electrons. The van der Waals surface area contributed by atoms with Gasteiger partial charge >= 0.3 is 0 Å². The summed E-state index contributed by atoms with van der Waals surface area (Å²) in [5.74, 6) is 0.965. The lowest BCUT2D eigenvalue weighted by atomic mass is 9.91. The van der Waals surface area contributed by atoms with Crippen LogP contribution in [0, 0.1) is 6.92 Å². The van der Waals surface area contributed by atoms with Crippen LogP contribution in [0.2, 0.25) is 0 Å². The van der Waals surface area contributed by atoms with Crippen LogP contribution in [0.1, 0.15) is 48.0 Å². The Kier molecular flexibility index (Phi) is 5.28. The lowest BCUT2D eigenvalue weighted by Gasteiger charge is -2.36. The molecule has 4 aromatic rings. The second-order valence-electron chi connectivity index (χ2n) is 8.25. The lowest BCUT2D eigenvalue weighted by Crippen LogP contribution is -2.36. The average Bonchev–Trinajstić information content (AvgIpc) is 3.34. The van der Waals surface area contributed by atoms with Gasteiger partial charge in [0.1, 0.15) is 5.75 Å². The Labute approximate surface area is 183 Å². The van der Waals surface area contributed by atoms with Crippen LogP contribution in [0.25, 0.3) is 10.9 Å². The van der Waals surface area contributed by atoms with Crippen LogP contribution in [0.15, 0.2) is 54.7 Å². The first-order valence-corrected chi connectivity index (χ1v) is 11.3. The molecule has 1 aliphatic rings. The van der Waals surface area contributed by atoms with Crippen LogP contribution in [-0.2, 0) is 19.5 Å². The van der Waals surface area contributed by atoms with Crippen molar-refractivity contribution in [1.82, 2.24) is 19.7 Å². The largest absolute Gasteiger partial charge is 0.494 e. The SMILES string of the molecule is CCOc1ccccc1[C@H]1c2[nH]c3ccccc3c2CCN1Cc1cn(CC)nc1C. The van der Waals surface area contributed by atoms with Crippen molar-refractivity contribution in [2.24, 2.45) is 0 Å². The fourth-order valence-electron chi connectivity index (χ4n) is 4.90. The van der Waals surface area contributed by atoms with Gasteiger partial charge in [0, 0.05) is 53.6 Å². The van der Waals surface area contributed by atoms with Gasteiger partial charge < -0.3 is 9.72 Å². The summed E-state index contributed by atoms with van der Waals surface area (Å²) < 4.78 is 8.10. The number of para-hydroxylation sites is 2. The second kappa shape index (κ2) is 8.23. The van der Waals surface area contributed by atoms with Crippen molar-refractivity contribution in [3.63, 3.8) is 0 Å². The molecule has 1 atom stereocenters. The first-order chi connectivity index (χ1) is 15.2. The molecule has 0 saturated heterocycles. The maximum absolute atomic E-state index is 6.07. The van der Waals surface area contributed by atoms with E-state index in [9.17, 15) is 0 Å². The number of hydrogen-bond donors (Lipinski definition) is 1. The summed E-state index contributed by atoms with van der Waals surface area (Å²) in [6.07, 6.45) is 3.23. The van der Waals surface area contributed by atoms with E-state index in [1.54, 1.807) is 0 Å². The average molecular weight is 415 g/mol. The van der Waals surface area contributed by atoms with Crippen molar-refractivity contribution in [1.29, 1.82) is 0 Å². The number of hydrogen-bond acceptors (Lipinski definition) is 3. The van der Waals surface area contributed by atoms with Gasteiger partial charge in [0.15, 0.2) is 0 Å². The first-order valence-electron chi connectivity index (χ1n) is 11.3. The molecule has 0 spiro atoms. The van der Waals surface area contributed by atoms with E-state index in [1.807, 2.05) is 11.6 Å². The molecule has 2 aromatic carbocycles. The predicted molar refractivity (Wildman–Crippen MR) is 125 cm³/mol. The molecule has 5 heteroatoms. The molecule has 5 nitrogen and oxygen atoms in total. The number of nitrogens with one attached hydrogen (secondary N) is 1. The summed E-state index contributed by atoms with van der Waals surface area (Å²) in [5.41, 5.74) is 7.56. The van der Waals surface area contributed by atoms with Crippen molar-refractivity contribution in [3.05, 3.63) is 82.8 Å². The van der Waals surface area contributed by atoms with Crippen molar-refractivity contribution in [2.75, 3.05) is 13.2 Å². The van der Waals surface area contributed by atoms with Gasteiger partial charge in [0.25, 0.3) is 0 Å². The minimum Gasteiger partial charge on any atom is -0.494 e. The van der Waals surface area contributed by atoms with E-state index >= 15 is 0 Å². The van der Waals surface area contributed by atoms with Crippen LogP contribution < -0.4 is 4.74 Å². The van der Waals surface area contributed by atoms with Gasteiger partial charge in [-0.05, 0) is 44.9 Å². The van der Waals surface area contributed by atoms with E-state index in [4.69, 9.17) is 4.74 Å². The Hall–Kier alpha value is -3.05. The molecule has 160 valence electrons. The molecule has 3 heterocycles. The molecule has 0 aliphatic carbocycles. The second-order valence-corrected chi connectivity index (χ2v) is 8.25. The van der Waals surface area contributed by atoms with Gasteiger partial charge in [-0.25, -0.2) is 0 Å². The molecule has 31 heavy (non-hydrogen) atoms. The minimum absolute atomic E-state index is 0.114. The normalized spacial score (nSPS) is 16.5. The summed E-state index contributed by atoms with van der Waals surface area (Å²) in [4.78, 5) is 6.33. The molecule has 2 aromatic heterocycles. The van der Waals surface area contributed by atoms with Gasteiger partial charge in [0.05, 0.1) is 18.3 Å². The first kappa shape index (κ1) is 19.9. The third kappa shape index (κ3) is 3.53. The number of aromatic nitrogens is 3. The molecule has 0 bridgehead atoms. The van der Waals surface area contributed by atoms with Crippen molar-refractivity contribution < 1.29 is 4.74 Å². The topological polar surface area (TPSA) is 46.1 Å². The molecule has 5 rings (SSSR count). The number of aromatic amines is 1. The van der Waals surface area contributed by atoms with Crippen LogP contribution in [0.4, 0.5) is 0 Å². The number of benzene rings is 2. The number of fused-ring (bicyclic) bond motifs is 3. The van der Waals surface area contributed by atoms with Crippen molar-refractivity contribution in [3.8, 4) is 5.75 Å². The third-order valence-electron chi connectivity index (χ3n) is 6.39. The smallest absolute Gasteiger partial charge is 0.124 e. The van der Waals surface area contributed by atoms with Gasteiger partial charge in [0.2, 0.25) is 0 Å². The predicted octanol–water partition coefficient (Wildman–Crippen LogP) is 5.24. The summed E-state index contributed by atoms with van der Waals surface area (Å²) in [5, 5.41) is 6.01. The zero-order valence-electron chi connectivity index (χ0n) is 18.6. The number of aryl methyl sites for hydroxylation is 2. The van der Waals surface area contributed by atoms with E-state index < -0.39 is 0 Å². The third-order valence-corrected chi connectivity index (χ3v) is 6.39. The highest BCUT2D eigenvalue weighted by molar-refractivity contribution is 5.85.